The molecule has 35 heavy (non-hydrogen) atoms. The van der Waals surface area contributed by atoms with Crippen molar-refractivity contribution in [3.05, 3.63) is 118 Å². The summed E-state index contributed by atoms with van der Waals surface area (Å²) in [7, 11) is 0. The molecule has 0 spiro atoms. The molecule has 2 N–H and O–H groups in total. The lowest BCUT2D eigenvalue weighted by molar-refractivity contribution is -0.122. The van der Waals surface area contributed by atoms with Gasteiger partial charge in [-0.1, -0.05) is 72.8 Å². The largest absolute Gasteiger partial charge is 0.354 e. The molecule has 172 valence electrons. The fourth-order valence-electron chi connectivity index (χ4n) is 4.93. The summed E-state index contributed by atoms with van der Waals surface area (Å²) in [6.45, 7) is 0.440. The Morgan fingerprint density at radius 2 is 1.69 bits per heavy atom. The summed E-state index contributed by atoms with van der Waals surface area (Å²) in [4.78, 5) is 33.0. The van der Waals surface area contributed by atoms with E-state index in [4.69, 9.17) is 0 Å². The third-order valence-electron chi connectivity index (χ3n) is 6.49. The van der Waals surface area contributed by atoms with Gasteiger partial charge in [-0.2, -0.15) is 0 Å². The molecular formula is C29H23N3O2S. The Balaban J connectivity index is 1.45. The minimum absolute atomic E-state index is 0.0166. The zero-order valence-corrected chi connectivity index (χ0v) is 19.7. The summed E-state index contributed by atoms with van der Waals surface area (Å²) in [5.41, 5.74) is 5.58. The van der Waals surface area contributed by atoms with Crippen LogP contribution < -0.4 is 5.32 Å². The maximum Gasteiger partial charge on any atom is 0.255 e. The van der Waals surface area contributed by atoms with E-state index in [1.165, 1.54) is 0 Å². The van der Waals surface area contributed by atoms with E-state index in [2.05, 4.69) is 28.5 Å². The number of nitrogens with zero attached hydrogens (tertiary/aromatic N) is 1. The van der Waals surface area contributed by atoms with Crippen LogP contribution in [0, 0.1) is 0 Å². The molecule has 1 aliphatic heterocycles. The first-order chi connectivity index (χ1) is 17.2. The maximum absolute atomic E-state index is 13.6. The molecule has 0 radical (unpaired) electrons. The highest BCUT2D eigenvalue weighted by molar-refractivity contribution is 7.09. The Labute approximate surface area is 207 Å². The number of thiophene rings is 1. The van der Waals surface area contributed by atoms with E-state index >= 15 is 0 Å². The molecule has 2 aromatic heterocycles. The predicted octanol–water partition coefficient (Wildman–Crippen LogP) is 5.76. The normalized spacial score (nSPS) is 14.9. The number of fused-ring (bicyclic) bond motifs is 2. The van der Waals surface area contributed by atoms with Crippen LogP contribution in [0.3, 0.4) is 0 Å². The lowest BCUT2D eigenvalue weighted by Gasteiger charge is -2.26. The third kappa shape index (κ3) is 3.82. The van der Waals surface area contributed by atoms with Crippen molar-refractivity contribution in [2.45, 2.75) is 12.6 Å². The number of H-pyrrole nitrogens is 1. The van der Waals surface area contributed by atoms with Crippen LogP contribution in [-0.2, 0) is 11.3 Å². The summed E-state index contributed by atoms with van der Waals surface area (Å²) in [6, 6.07) is 29.5. The Morgan fingerprint density at radius 1 is 0.914 bits per heavy atom. The van der Waals surface area contributed by atoms with Gasteiger partial charge >= 0.3 is 0 Å². The van der Waals surface area contributed by atoms with Crippen LogP contribution in [0.25, 0.3) is 22.2 Å². The van der Waals surface area contributed by atoms with Crippen molar-refractivity contribution in [1.82, 2.24) is 15.2 Å². The highest BCUT2D eigenvalue weighted by Gasteiger charge is 2.40. The van der Waals surface area contributed by atoms with Crippen molar-refractivity contribution in [3.8, 4) is 11.3 Å². The number of aromatic nitrogens is 1. The van der Waals surface area contributed by atoms with Crippen molar-refractivity contribution < 1.29 is 9.59 Å². The van der Waals surface area contributed by atoms with E-state index in [0.717, 1.165) is 38.2 Å². The van der Waals surface area contributed by atoms with Gasteiger partial charge in [0.2, 0.25) is 5.91 Å². The highest BCUT2D eigenvalue weighted by Crippen LogP contribution is 2.45. The number of carbonyl (C=O) groups excluding carboxylic acids is 2. The number of amides is 2. The Kier molecular flexibility index (Phi) is 5.43. The first kappa shape index (κ1) is 21.4. The fourth-order valence-corrected chi connectivity index (χ4v) is 5.58. The molecule has 6 rings (SSSR count). The van der Waals surface area contributed by atoms with Gasteiger partial charge in [-0.15, -0.1) is 11.3 Å². The molecule has 1 atom stereocenters. The molecular weight excluding hydrogens is 454 g/mol. The number of benzene rings is 3. The minimum atomic E-state index is -0.377. The number of hydrogen-bond acceptors (Lipinski definition) is 3. The monoisotopic (exact) mass is 477 g/mol. The minimum Gasteiger partial charge on any atom is -0.354 e. The Hall–Kier alpha value is -4.16. The summed E-state index contributed by atoms with van der Waals surface area (Å²) in [5, 5.41) is 6.01. The van der Waals surface area contributed by atoms with Crippen LogP contribution in [0.2, 0.25) is 0 Å². The second-order valence-corrected chi connectivity index (χ2v) is 9.64. The zero-order chi connectivity index (χ0) is 23.8. The van der Waals surface area contributed by atoms with Crippen LogP contribution in [0.5, 0.6) is 0 Å². The van der Waals surface area contributed by atoms with Crippen molar-refractivity contribution in [3.63, 3.8) is 0 Å². The lowest BCUT2D eigenvalue weighted by atomic mass is 9.93. The van der Waals surface area contributed by atoms with Crippen LogP contribution in [-0.4, -0.2) is 28.2 Å². The van der Waals surface area contributed by atoms with Gasteiger partial charge in [-0.3, -0.25) is 9.59 Å². The first-order valence-corrected chi connectivity index (χ1v) is 12.4. The van der Waals surface area contributed by atoms with Gasteiger partial charge in [0.1, 0.15) is 6.54 Å². The van der Waals surface area contributed by atoms with Crippen LogP contribution in [0.1, 0.15) is 32.4 Å². The second kappa shape index (κ2) is 8.89. The average Bonchev–Trinajstić information content (AvgIpc) is 3.61. The second-order valence-electron chi connectivity index (χ2n) is 8.60. The van der Waals surface area contributed by atoms with Crippen molar-refractivity contribution in [2.75, 3.05) is 6.54 Å². The van der Waals surface area contributed by atoms with Crippen LogP contribution in [0.4, 0.5) is 0 Å². The number of hydrogen-bond donors (Lipinski definition) is 2. The van der Waals surface area contributed by atoms with Crippen molar-refractivity contribution in [1.29, 1.82) is 0 Å². The van der Waals surface area contributed by atoms with Crippen LogP contribution >= 0.6 is 11.3 Å². The predicted molar refractivity (Wildman–Crippen MR) is 139 cm³/mol. The van der Waals surface area contributed by atoms with E-state index < -0.39 is 0 Å². The lowest BCUT2D eigenvalue weighted by Crippen LogP contribution is -2.39. The fraction of sp³-hybridized carbons (Fsp3) is 0.103. The van der Waals surface area contributed by atoms with E-state index in [1.807, 2.05) is 78.2 Å². The standard InChI is InChI=1S/C29H23N3O2S/c33-25(30-17-20-11-8-16-35-20)18-32-28(21-12-4-5-13-22(21)29(32)34)26-23-14-6-7-15-24(23)31-27(26)19-9-2-1-3-10-19/h1-16,28,31H,17-18H2,(H,30,33). The molecule has 6 heteroatoms. The molecule has 3 heterocycles. The summed E-state index contributed by atoms with van der Waals surface area (Å²) < 4.78 is 0. The van der Waals surface area contributed by atoms with Crippen molar-refractivity contribution >= 4 is 34.1 Å². The smallest absolute Gasteiger partial charge is 0.255 e. The number of rotatable bonds is 6. The molecule has 2 amide bonds. The van der Waals surface area contributed by atoms with E-state index in [9.17, 15) is 9.59 Å². The molecule has 0 bridgehead atoms. The highest BCUT2D eigenvalue weighted by atomic mass is 32.1. The number of nitrogens with one attached hydrogen (secondary N) is 2. The SMILES string of the molecule is O=C(CN1C(=O)c2ccccc2C1c1c(-c2ccccc2)[nH]c2ccccc12)NCc1cccs1. The van der Waals surface area contributed by atoms with Crippen molar-refractivity contribution in [2.24, 2.45) is 0 Å². The molecule has 5 aromatic rings. The molecule has 0 aliphatic carbocycles. The van der Waals surface area contributed by atoms with Crippen LogP contribution in [0.15, 0.2) is 96.4 Å². The molecule has 3 aromatic carbocycles. The first-order valence-electron chi connectivity index (χ1n) is 11.6. The zero-order valence-electron chi connectivity index (χ0n) is 18.9. The molecule has 5 nitrogen and oxygen atoms in total. The quantitative estimate of drug-likeness (QED) is 0.327. The number of aromatic amines is 1. The third-order valence-corrected chi connectivity index (χ3v) is 7.37. The van der Waals surface area contributed by atoms with E-state index in [1.54, 1.807) is 16.2 Å². The summed E-state index contributed by atoms with van der Waals surface area (Å²) >= 11 is 1.60. The van der Waals surface area contributed by atoms with Gasteiger partial charge in [0.05, 0.1) is 18.3 Å². The van der Waals surface area contributed by atoms with Gasteiger partial charge in [0.25, 0.3) is 5.91 Å². The molecule has 1 unspecified atom stereocenters. The van der Waals surface area contributed by atoms with Gasteiger partial charge in [0.15, 0.2) is 0 Å². The average molecular weight is 478 g/mol. The topological polar surface area (TPSA) is 65.2 Å². The van der Waals surface area contributed by atoms with E-state index in [0.29, 0.717) is 12.1 Å². The number of para-hydroxylation sites is 1. The maximum atomic E-state index is 13.6. The molecule has 0 fully saturated rings. The van der Waals surface area contributed by atoms with Gasteiger partial charge < -0.3 is 15.2 Å². The summed E-state index contributed by atoms with van der Waals surface area (Å²) in [5.74, 6) is -0.299. The van der Waals surface area contributed by atoms with Gasteiger partial charge in [-0.05, 0) is 34.7 Å². The van der Waals surface area contributed by atoms with E-state index in [-0.39, 0.29) is 24.4 Å². The molecule has 0 saturated heterocycles. The van der Waals surface area contributed by atoms with Gasteiger partial charge in [0, 0.05) is 26.9 Å². The molecule has 0 saturated carbocycles. The number of carbonyl (C=O) groups is 2. The Bertz CT molecular complexity index is 1520. The Morgan fingerprint density at radius 3 is 2.51 bits per heavy atom. The summed E-state index contributed by atoms with van der Waals surface area (Å²) in [6.07, 6.45) is 0. The van der Waals surface area contributed by atoms with Gasteiger partial charge in [-0.25, -0.2) is 0 Å². The molecule has 1 aliphatic rings.